The molecule has 1 spiro atoms. The lowest BCUT2D eigenvalue weighted by Gasteiger charge is -2.56. The van der Waals surface area contributed by atoms with E-state index >= 15 is 0 Å². The SMILES string of the molecule is CC1(C)CC[C@@]2(CC[C@H]3[C@@H]4CCc5cc(O)c(I)cc5[C@H]4CC[C@@]32C)OC1=O. The van der Waals surface area contributed by atoms with Gasteiger partial charge in [-0.3, -0.25) is 4.79 Å². The molecule has 1 aliphatic heterocycles. The van der Waals surface area contributed by atoms with E-state index in [0.29, 0.717) is 23.5 Å². The number of hydrogen-bond acceptors (Lipinski definition) is 3. The van der Waals surface area contributed by atoms with E-state index in [1.54, 1.807) is 0 Å². The van der Waals surface area contributed by atoms with E-state index in [9.17, 15) is 9.90 Å². The first-order valence-corrected chi connectivity index (χ1v) is 12.0. The van der Waals surface area contributed by atoms with E-state index < -0.39 is 0 Å². The van der Waals surface area contributed by atoms with Crippen molar-refractivity contribution in [1.82, 2.24) is 0 Å². The smallest absolute Gasteiger partial charge is 0.312 e. The number of rotatable bonds is 0. The Morgan fingerprint density at radius 2 is 1.86 bits per heavy atom. The molecule has 0 radical (unpaired) electrons. The molecule has 1 aromatic carbocycles. The molecule has 4 heteroatoms. The van der Waals surface area contributed by atoms with Crippen LogP contribution in [0.2, 0.25) is 0 Å². The molecule has 1 N–H and O–H groups in total. The van der Waals surface area contributed by atoms with Crippen molar-refractivity contribution in [3.05, 3.63) is 26.8 Å². The highest BCUT2D eigenvalue weighted by Gasteiger charge is 2.65. The largest absolute Gasteiger partial charge is 0.507 e. The number of esters is 1. The van der Waals surface area contributed by atoms with Gasteiger partial charge in [0.15, 0.2) is 0 Å². The van der Waals surface area contributed by atoms with Gasteiger partial charge in [0.2, 0.25) is 0 Å². The second-order valence-electron chi connectivity index (χ2n) is 10.7. The lowest BCUT2D eigenvalue weighted by Crippen LogP contribution is -2.56. The van der Waals surface area contributed by atoms with Gasteiger partial charge in [-0.15, -0.1) is 0 Å². The van der Waals surface area contributed by atoms with Crippen molar-refractivity contribution < 1.29 is 14.6 Å². The molecule has 0 bridgehead atoms. The van der Waals surface area contributed by atoms with Crippen molar-refractivity contribution in [2.24, 2.45) is 22.7 Å². The van der Waals surface area contributed by atoms with Gasteiger partial charge in [0.1, 0.15) is 11.4 Å². The number of carbonyl (C=O) groups excluding carboxylic acids is 1. The Kier molecular flexibility index (Phi) is 4.19. The number of aromatic hydroxyl groups is 1. The average Bonchev–Trinajstić information content (AvgIpc) is 2.92. The summed E-state index contributed by atoms with van der Waals surface area (Å²) < 4.78 is 7.30. The van der Waals surface area contributed by atoms with Crippen LogP contribution >= 0.6 is 22.6 Å². The molecule has 3 aliphatic carbocycles. The fourth-order valence-corrected chi connectivity index (χ4v) is 7.73. The number of halogens is 1. The lowest BCUT2D eigenvalue weighted by molar-refractivity contribution is -0.206. The normalized spacial score (nSPS) is 41.1. The number of aryl methyl sites for hydroxylation is 1. The summed E-state index contributed by atoms with van der Waals surface area (Å²) in [4.78, 5) is 12.8. The molecule has 1 saturated heterocycles. The van der Waals surface area contributed by atoms with E-state index in [4.69, 9.17) is 4.74 Å². The minimum Gasteiger partial charge on any atom is -0.507 e. The number of phenols is 1. The molecular weight excluding hydrogens is 463 g/mol. The summed E-state index contributed by atoms with van der Waals surface area (Å²) in [6.07, 6.45) is 8.79. The van der Waals surface area contributed by atoms with Gasteiger partial charge in [0.25, 0.3) is 0 Å². The summed E-state index contributed by atoms with van der Waals surface area (Å²) in [7, 11) is 0. The molecule has 1 aromatic rings. The number of ether oxygens (including phenoxy) is 1. The third-order valence-electron chi connectivity index (χ3n) is 9.08. The van der Waals surface area contributed by atoms with Gasteiger partial charge in [-0.25, -0.2) is 0 Å². The monoisotopic (exact) mass is 494 g/mol. The molecule has 4 aliphatic rings. The van der Waals surface area contributed by atoms with Crippen molar-refractivity contribution in [3.8, 4) is 5.75 Å². The van der Waals surface area contributed by atoms with Crippen molar-refractivity contribution >= 4 is 28.6 Å². The maximum atomic E-state index is 12.8. The average molecular weight is 494 g/mol. The Morgan fingerprint density at radius 1 is 1.07 bits per heavy atom. The van der Waals surface area contributed by atoms with Gasteiger partial charge in [-0.2, -0.15) is 0 Å². The van der Waals surface area contributed by atoms with Crippen LogP contribution in [0.3, 0.4) is 0 Å². The predicted molar refractivity (Wildman–Crippen MR) is 117 cm³/mol. The quantitative estimate of drug-likeness (QED) is 0.358. The third kappa shape index (κ3) is 2.48. The van der Waals surface area contributed by atoms with Crippen LogP contribution in [0, 0.1) is 26.2 Å². The molecule has 3 fully saturated rings. The molecule has 0 amide bonds. The molecular formula is C24H31IO3. The van der Waals surface area contributed by atoms with Crippen molar-refractivity contribution in [2.75, 3.05) is 0 Å². The zero-order valence-electron chi connectivity index (χ0n) is 17.2. The van der Waals surface area contributed by atoms with Gasteiger partial charge in [0, 0.05) is 5.41 Å². The Balaban J connectivity index is 1.48. The van der Waals surface area contributed by atoms with Crippen LogP contribution in [0.15, 0.2) is 12.1 Å². The molecule has 152 valence electrons. The van der Waals surface area contributed by atoms with Crippen LogP contribution in [0.25, 0.3) is 0 Å². The molecule has 28 heavy (non-hydrogen) atoms. The summed E-state index contributed by atoms with van der Waals surface area (Å²) in [6, 6.07) is 4.24. The number of benzene rings is 1. The first kappa shape index (κ1) is 19.2. The summed E-state index contributed by atoms with van der Waals surface area (Å²) in [6.45, 7) is 6.49. The zero-order chi connectivity index (χ0) is 19.9. The van der Waals surface area contributed by atoms with Crippen molar-refractivity contribution in [3.63, 3.8) is 0 Å². The highest BCUT2D eigenvalue weighted by molar-refractivity contribution is 14.1. The van der Waals surface area contributed by atoms with Crippen LogP contribution in [-0.4, -0.2) is 16.7 Å². The standard InChI is InChI=1S/C24H31IO3/c1-22(2)10-11-24(28-21(22)27)9-7-18-16-5-4-14-12-20(26)19(25)13-17(14)15(16)6-8-23(18,24)3/h12-13,15-16,18,26H,4-11H2,1-3H3/t15-,16+,18-,23-,24+/m0/s1. The fourth-order valence-electron chi connectivity index (χ4n) is 7.23. The maximum Gasteiger partial charge on any atom is 0.312 e. The molecule has 1 heterocycles. The number of phenolic OH excluding ortho intramolecular Hbond substituents is 1. The molecule has 0 aromatic heterocycles. The third-order valence-corrected chi connectivity index (χ3v) is 9.94. The second kappa shape index (κ2) is 6.12. The van der Waals surface area contributed by atoms with E-state index in [1.807, 2.05) is 19.9 Å². The van der Waals surface area contributed by atoms with Crippen LogP contribution < -0.4 is 0 Å². The zero-order valence-corrected chi connectivity index (χ0v) is 19.3. The molecule has 2 saturated carbocycles. The Hall–Kier alpha value is -0.780. The van der Waals surface area contributed by atoms with Crippen molar-refractivity contribution in [2.45, 2.75) is 83.7 Å². The predicted octanol–water partition coefficient (Wildman–Crippen LogP) is 5.95. The van der Waals surface area contributed by atoms with Crippen LogP contribution in [-0.2, 0) is 16.0 Å². The first-order chi connectivity index (χ1) is 13.2. The highest BCUT2D eigenvalue weighted by Crippen LogP contribution is 2.67. The van der Waals surface area contributed by atoms with Gasteiger partial charge < -0.3 is 9.84 Å². The summed E-state index contributed by atoms with van der Waals surface area (Å²) in [5.41, 5.74) is 2.37. The Bertz CT molecular complexity index is 846. The summed E-state index contributed by atoms with van der Waals surface area (Å²) >= 11 is 2.26. The second-order valence-corrected chi connectivity index (χ2v) is 11.8. The first-order valence-electron chi connectivity index (χ1n) is 10.9. The van der Waals surface area contributed by atoms with E-state index in [2.05, 4.69) is 35.6 Å². The minimum atomic E-state index is -0.334. The number of fused-ring (bicyclic) bond motifs is 6. The van der Waals surface area contributed by atoms with Gasteiger partial charge in [-0.1, -0.05) is 6.92 Å². The molecule has 5 atom stereocenters. The number of carbonyl (C=O) groups is 1. The topological polar surface area (TPSA) is 46.5 Å². The summed E-state index contributed by atoms with van der Waals surface area (Å²) in [5.74, 6) is 2.36. The summed E-state index contributed by atoms with van der Waals surface area (Å²) in [5, 5.41) is 10.1. The molecule has 5 rings (SSSR count). The van der Waals surface area contributed by atoms with E-state index in [1.165, 1.54) is 30.4 Å². The highest BCUT2D eigenvalue weighted by atomic mass is 127. The van der Waals surface area contributed by atoms with Gasteiger partial charge in [0.05, 0.1) is 8.99 Å². The fraction of sp³-hybridized carbons (Fsp3) is 0.708. The lowest BCUT2D eigenvalue weighted by atomic mass is 9.52. The van der Waals surface area contributed by atoms with Gasteiger partial charge in [-0.05, 0) is 129 Å². The van der Waals surface area contributed by atoms with Crippen LogP contribution in [0.4, 0.5) is 0 Å². The molecule has 0 unspecified atom stereocenters. The van der Waals surface area contributed by atoms with Crippen molar-refractivity contribution in [1.29, 1.82) is 0 Å². The Labute approximate surface area is 181 Å². The minimum absolute atomic E-state index is 0.0155. The van der Waals surface area contributed by atoms with Crippen LogP contribution in [0.5, 0.6) is 5.75 Å². The van der Waals surface area contributed by atoms with Gasteiger partial charge >= 0.3 is 5.97 Å². The molecule has 3 nitrogen and oxygen atoms in total. The number of hydrogen-bond donors (Lipinski definition) is 1. The Morgan fingerprint density at radius 3 is 2.61 bits per heavy atom. The van der Waals surface area contributed by atoms with E-state index in [-0.39, 0.29) is 22.4 Å². The maximum absolute atomic E-state index is 12.8. The van der Waals surface area contributed by atoms with Crippen LogP contribution in [0.1, 0.15) is 82.8 Å². The van der Waals surface area contributed by atoms with E-state index in [0.717, 1.165) is 35.7 Å².